The van der Waals surface area contributed by atoms with Gasteiger partial charge in [0.15, 0.2) is 5.78 Å². The van der Waals surface area contributed by atoms with E-state index in [0.29, 0.717) is 16.8 Å². The maximum Gasteiger partial charge on any atom is 0.255 e. The van der Waals surface area contributed by atoms with Crippen LogP contribution in [0.4, 0.5) is 5.69 Å². The van der Waals surface area contributed by atoms with Crippen LogP contribution in [0.25, 0.3) is 5.70 Å². The topological polar surface area (TPSA) is 67.4 Å². The molecule has 0 spiro atoms. The first-order valence-electron chi connectivity index (χ1n) is 13.0. The van der Waals surface area contributed by atoms with E-state index in [4.69, 9.17) is 4.74 Å². The molecular weight excluding hydrogens is 460 g/mol. The zero-order valence-corrected chi connectivity index (χ0v) is 22.2. The van der Waals surface area contributed by atoms with Gasteiger partial charge in [-0.3, -0.25) is 9.59 Å². The number of carbonyl (C=O) groups is 2. The molecule has 0 aromatic heterocycles. The summed E-state index contributed by atoms with van der Waals surface area (Å²) in [5.41, 5.74) is 5.83. The zero-order valence-electron chi connectivity index (χ0n) is 22.2. The van der Waals surface area contributed by atoms with Gasteiger partial charge in [0.25, 0.3) is 5.91 Å². The first-order valence-corrected chi connectivity index (χ1v) is 13.0. The minimum Gasteiger partial charge on any atom is -0.497 e. The third-order valence-electron chi connectivity index (χ3n) is 6.70. The van der Waals surface area contributed by atoms with Crippen molar-refractivity contribution in [1.29, 1.82) is 0 Å². The van der Waals surface area contributed by atoms with Crippen LogP contribution in [-0.4, -0.2) is 24.3 Å². The fourth-order valence-corrected chi connectivity index (χ4v) is 4.69. The first kappa shape index (κ1) is 26.2. The average molecular weight is 497 g/mol. The van der Waals surface area contributed by atoms with Crippen molar-refractivity contribution in [3.05, 3.63) is 101 Å². The monoisotopic (exact) mass is 496 g/mol. The number of methoxy groups -OCH3 is 1. The number of amides is 1. The number of hydrogen-bond acceptors (Lipinski definition) is 4. The Kier molecular flexibility index (Phi) is 8.12. The Balaban J connectivity index is 1.44. The minimum atomic E-state index is -0.171. The highest BCUT2D eigenvalue weighted by molar-refractivity contribution is 6.09. The maximum atomic E-state index is 13.1. The number of carbonyl (C=O) groups excluding carboxylic acids is 2. The van der Waals surface area contributed by atoms with E-state index in [-0.39, 0.29) is 17.2 Å². The number of benzene rings is 3. The summed E-state index contributed by atoms with van der Waals surface area (Å²) in [6.45, 7) is 6.43. The maximum absolute atomic E-state index is 13.1. The zero-order chi connectivity index (χ0) is 26.4. The van der Waals surface area contributed by atoms with Crippen LogP contribution in [0.3, 0.4) is 0 Å². The quantitative estimate of drug-likeness (QED) is 0.194. The van der Waals surface area contributed by atoms with Crippen molar-refractivity contribution in [1.82, 2.24) is 5.32 Å². The lowest BCUT2D eigenvalue weighted by molar-refractivity contribution is 0.102. The van der Waals surface area contributed by atoms with Crippen LogP contribution >= 0.6 is 0 Å². The van der Waals surface area contributed by atoms with Gasteiger partial charge in [-0.15, -0.1) is 0 Å². The van der Waals surface area contributed by atoms with Gasteiger partial charge in [-0.2, -0.15) is 0 Å². The van der Waals surface area contributed by atoms with Crippen LogP contribution in [0.5, 0.6) is 5.75 Å². The lowest BCUT2D eigenvalue weighted by Crippen LogP contribution is -2.43. The predicted molar refractivity (Wildman–Crippen MR) is 150 cm³/mol. The largest absolute Gasteiger partial charge is 0.497 e. The molecular formula is C32H36N2O3. The van der Waals surface area contributed by atoms with Gasteiger partial charge in [0.05, 0.1) is 7.11 Å². The van der Waals surface area contributed by atoms with Crippen LogP contribution in [0, 0.1) is 0 Å². The molecule has 37 heavy (non-hydrogen) atoms. The molecule has 0 saturated carbocycles. The molecule has 0 saturated heterocycles. The van der Waals surface area contributed by atoms with Crippen molar-refractivity contribution in [2.75, 3.05) is 12.4 Å². The number of fused-ring (bicyclic) bond motifs is 1. The van der Waals surface area contributed by atoms with E-state index in [1.165, 1.54) is 30.4 Å². The molecule has 0 atom stereocenters. The van der Waals surface area contributed by atoms with Crippen LogP contribution in [0.2, 0.25) is 0 Å². The summed E-state index contributed by atoms with van der Waals surface area (Å²) in [6.07, 6.45) is 7.11. The van der Waals surface area contributed by atoms with Crippen LogP contribution in [0.1, 0.15) is 77.4 Å². The molecule has 0 aliphatic carbocycles. The lowest BCUT2D eigenvalue weighted by Gasteiger charge is -2.35. The summed E-state index contributed by atoms with van der Waals surface area (Å²) < 4.78 is 5.40. The predicted octanol–water partition coefficient (Wildman–Crippen LogP) is 6.83. The summed E-state index contributed by atoms with van der Waals surface area (Å²) in [6, 6.07) is 20.8. The second kappa shape index (κ2) is 11.5. The van der Waals surface area contributed by atoms with Crippen molar-refractivity contribution < 1.29 is 14.3 Å². The van der Waals surface area contributed by atoms with Gasteiger partial charge in [-0.05, 0) is 92.8 Å². The van der Waals surface area contributed by atoms with Gasteiger partial charge < -0.3 is 15.4 Å². The van der Waals surface area contributed by atoms with Crippen molar-refractivity contribution in [2.45, 2.75) is 58.4 Å². The molecule has 192 valence electrons. The Bertz CT molecular complexity index is 1290. The van der Waals surface area contributed by atoms with Gasteiger partial charge in [-0.1, -0.05) is 38.0 Å². The molecule has 0 fully saturated rings. The van der Waals surface area contributed by atoms with Gasteiger partial charge in [0.2, 0.25) is 0 Å². The van der Waals surface area contributed by atoms with E-state index in [1.54, 1.807) is 37.5 Å². The molecule has 5 heteroatoms. The number of allylic oxidation sites excluding steroid dienone is 1. The molecule has 4 rings (SSSR count). The molecule has 3 aromatic rings. The Morgan fingerprint density at radius 2 is 1.68 bits per heavy atom. The van der Waals surface area contributed by atoms with Crippen molar-refractivity contribution >= 4 is 23.1 Å². The second-order valence-electron chi connectivity index (χ2n) is 10.3. The van der Waals surface area contributed by atoms with E-state index in [1.807, 2.05) is 36.4 Å². The Morgan fingerprint density at radius 1 is 0.973 bits per heavy atom. The highest BCUT2D eigenvalue weighted by atomic mass is 16.5. The minimum absolute atomic E-state index is 0.106. The number of ketones is 1. The highest BCUT2D eigenvalue weighted by Gasteiger charge is 2.28. The summed E-state index contributed by atoms with van der Waals surface area (Å²) >= 11 is 0. The number of hydrogen-bond donors (Lipinski definition) is 2. The molecule has 1 aliphatic rings. The molecule has 1 amide bonds. The molecule has 3 aromatic carbocycles. The van der Waals surface area contributed by atoms with E-state index >= 15 is 0 Å². The van der Waals surface area contributed by atoms with Gasteiger partial charge in [-0.25, -0.2) is 0 Å². The van der Waals surface area contributed by atoms with E-state index in [2.05, 4.69) is 37.5 Å². The summed E-state index contributed by atoms with van der Waals surface area (Å²) in [7, 11) is 1.64. The normalized spacial score (nSPS) is 15.0. The van der Waals surface area contributed by atoms with Crippen molar-refractivity contribution in [3.8, 4) is 5.75 Å². The van der Waals surface area contributed by atoms with Crippen LogP contribution in [-0.2, 0) is 12.8 Å². The fraction of sp³-hybridized carbons (Fsp3) is 0.312. The molecule has 0 radical (unpaired) electrons. The first-order chi connectivity index (χ1) is 17.8. The number of unbranched alkanes of at least 4 members (excludes halogenated alkanes) is 2. The van der Waals surface area contributed by atoms with Crippen LogP contribution in [0.15, 0.2) is 72.8 Å². The van der Waals surface area contributed by atoms with Crippen molar-refractivity contribution in [2.24, 2.45) is 0 Å². The average Bonchev–Trinajstić information content (AvgIpc) is 2.89. The number of anilines is 1. The molecule has 2 N–H and O–H groups in total. The molecule has 1 aliphatic heterocycles. The van der Waals surface area contributed by atoms with E-state index in [9.17, 15) is 9.59 Å². The Hall–Kier alpha value is -3.86. The van der Waals surface area contributed by atoms with Crippen LogP contribution < -0.4 is 15.4 Å². The third kappa shape index (κ3) is 6.67. The number of nitrogens with one attached hydrogen (secondary N) is 2. The van der Waals surface area contributed by atoms with Crippen molar-refractivity contribution in [3.63, 3.8) is 0 Å². The SMILES string of the molecule is CCCCCc1ccc(C(=O)Nc2ccc(C(=O)C=C3NC(C)(C)Cc4ccc(OC)cc43)cc2)cc1. The molecule has 0 unspecified atom stereocenters. The van der Waals surface area contributed by atoms with Gasteiger partial charge in [0, 0.05) is 39.7 Å². The molecule has 1 heterocycles. The highest BCUT2D eigenvalue weighted by Crippen LogP contribution is 2.32. The number of rotatable bonds is 9. The number of ether oxygens (including phenoxy) is 1. The number of aryl methyl sites for hydroxylation is 1. The second-order valence-corrected chi connectivity index (χ2v) is 10.3. The smallest absolute Gasteiger partial charge is 0.255 e. The van der Waals surface area contributed by atoms with E-state index < -0.39 is 0 Å². The molecule has 5 nitrogen and oxygen atoms in total. The Morgan fingerprint density at radius 3 is 2.35 bits per heavy atom. The third-order valence-corrected chi connectivity index (χ3v) is 6.70. The molecule has 0 bridgehead atoms. The Labute approximate surface area is 219 Å². The van der Waals surface area contributed by atoms with Gasteiger partial charge in [0.1, 0.15) is 5.75 Å². The van der Waals surface area contributed by atoms with Gasteiger partial charge >= 0.3 is 0 Å². The summed E-state index contributed by atoms with van der Waals surface area (Å²) in [5, 5.41) is 6.42. The van der Waals surface area contributed by atoms with E-state index in [0.717, 1.165) is 29.9 Å². The lowest BCUT2D eigenvalue weighted by atomic mass is 9.85. The fourth-order valence-electron chi connectivity index (χ4n) is 4.69. The summed E-state index contributed by atoms with van der Waals surface area (Å²) in [4.78, 5) is 25.8. The standard InChI is InChI=1S/C32H36N2O3/c1-5-6-7-8-22-9-11-24(12-10-22)31(36)33-26-16-13-23(14-17-26)30(35)20-29-28-19-27(37-4)18-15-25(28)21-32(2,3)34-29/h9-20,34H,5-8,21H2,1-4H3,(H,33,36). The summed E-state index contributed by atoms with van der Waals surface area (Å²) in [5.74, 6) is 0.482.